The average Bonchev–Trinajstić information content (AvgIpc) is 3.21. The van der Waals surface area contributed by atoms with Crippen LogP contribution in [0.3, 0.4) is 0 Å². The number of ether oxygens (including phenoxy) is 4. The van der Waals surface area contributed by atoms with Gasteiger partial charge in [0.25, 0.3) is 0 Å². The molecule has 56 heavy (non-hydrogen) atoms. The van der Waals surface area contributed by atoms with Crippen molar-refractivity contribution < 1.29 is 36.5 Å². The van der Waals surface area contributed by atoms with Crippen LogP contribution in [0.2, 0.25) is 0 Å². The molecule has 0 N–H and O–H groups in total. The second kappa shape index (κ2) is 25.1. The molecule has 0 aromatic heterocycles. The molecule has 4 nitrogen and oxygen atoms in total. The van der Waals surface area contributed by atoms with Crippen molar-refractivity contribution in [3.8, 4) is 23.0 Å². The Morgan fingerprint density at radius 3 is 1.18 bits per heavy atom. The van der Waals surface area contributed by atoms with E-state index in [0.29, 0.717) is 63.2 Å². The number of hydrogen-bond donors (Lipinski definition) is 0. The number of benzene rings is 4. The first-order valence-corrected chi connectivity index (χ1v) is 20.9. The second-order valence-electron chi connectivity index (χ2n) is 14.8. The van der Waals surface area contributed by atoms with Gasteiger partial charge in [-0.15, -0.1) is 0 Å². The number of rotatable bonds is 28. The summed E-state index contributed by atoms with van der Waals surface area (Å²) >= 11 is 0. The summed E-state index contributed by atoms with van der Waals surface area (Å²) in [6.45, 7) is 7.86. The molecule has 4 aromatic carbocycles. The molecule has 8 heteroatoms. The first kappa shape index (κ1) is 44.5. The molecule has 0 atom stereocenters. The summed E-state index contributed by atoms with van der Waals surface area (Å²) in [7, 11) is 0. The van der Waals surface area contributed by atoms with E-state index in [2.05, 4.69) is 6.92 Å². The molecule has 4 rings (SSSR count). The molecule has 0 heterocycles. The zero-order chi connectivity index (χ0) is 40.0. The van der Waals surface area contributed by atoms with E-state index in [1.54, 1.807) is 26.0 Å². The lowest BCUT2D eigenvalue weighted by molar-refractivity contribution is 0.303. The van der Waals surface area contributed by atoms with Gasteiger partial charge in [0.1, 0.15) is 11.5 Å². The van der Waals surface area contributed by atoms with Crippen LogP contribution in [0.5, 0.6) is 23.0 Å². The summed E-state index contributed by atoms with van der Waals surface area (Å²) in [5.74, 6) is -1.13. The van der Waals surface area contributed by atoms with Gasteiger partial charge < -0.3 is 18.9 Å². The van der Waals surface area contributed by atoms with Gasteiger partial charge in [0.15, 0.2) is 23.1 Å². The van der Waals surface area contributed by atoms with Crippen molar-refractivity contribution in [1.82, 2.24) is 0 Å². The van der Waals surface area contributed by atoms with Gasteiger partial charge >= 0.3 is 0 Å². The Balaban J connectivity index is 0.936. The van der Waals surface area contributed by atoms with E-state index in [-0.39, 0.29) is 11.5 Å². The van der Waals surface area contributed by atoms with Crippen molar-refractivity contribution in [3.05, 3.63) is 118 Å². The molecule has 4 aromatic rings. The zero-order valence-electron chi connectivity index (χ0n) is 33.8. The van der Waals surface area contributed by atoms with Crippen LogP contribution in [0.25, 0.3) is 0 Å². The zero-order valence-corrected chi connectivity index (χ0v) is 33.8. The first-order valence-electron chi connectivity index (χ1n) is 20.9. The van der Waals surface area contributed by atoms with Crippen LogP contribution in [0, 0.1) is 29.2 Å². The van der Waals surface area contributed by atoms with E-state index in [0.717, 1.165) is 41.4 Å². The fourth-order valence-corrected chi connectivity index (χ4v) is 6.90. The molecule has 306 valence electrons. The fourth-order valence-electron chi connectivity index (χ4n) is 6.90. The lowest BCUT2D eigenvalue weighted by atomic mass is 9.96. The second-order valence-corrected chi connectivity index (χ2v) is 14.8. The standard InChI is InChI=1S/C48H62F4O4/c1-4-53-43-32-26-39(45(49)47(43)51)24-18-37-20-28-41(29-21-37)55-34-14-10-6-8-12-16-36(3)17-13-9-7-11-15-35-56-42-30-22-38(23-31-42)19-25-40-27-33-44(54-5-2)48(52)46(40)50/h20-23,26-33,36H,4-19,24-25,34-35H2,1-3H3. The van der Waals surface area contributed by atoms with E-state index in [9.17, 15) is 17.6 Å². The van der Waals surface area contributed by atoms with Gasteiger partial charge in [-0.2, -0.15) is 8.78 Å². The van der Waals surface area contributed by atoms with Crippen LogP contribution in [-0.4, -0.2) is 26.4 Å². The summed E-state index contributed by atoms with van der Waals surface area (Å²) in [5, 5.41) is 0. The van der Waals surface area contributed by atoms with Crippen LogP contribution in [0.15, 0.2) is 72.8 Å². The molecule has 0 unspecified atom stereocenters. The number of hydrogen-bond acceptors (Lipinski definition) is 4. The van der Waals surface area contributed by atoms with E-state index in [4.69, 9.17) is 18.9 Å². The third kappa shape index (κ3) is 15.4. The summed E-state index contributed by atoms with van der Waals surface area (Å²) in [6.07, 6.45) is 16.7. The summed E-state index contributed by atoms with van der Waals surface area (Å²) in [5.41, 5.74) is 2.81. The van der Waals surface area contributed by atoms with Crippen molar-refractivity contribution in [2.24, 2.45) is 5.92 Å². The molecule has 0 bridgehead atoms. The highest BCUT2D eigenvalue weighted by molar-refractivity contribution is 5.34. The normalized spacial score (nSPS) is 11.3. The molecule has 0 spiro atoms. The summed E-state index contributed by atoms with van der Waals surface area (Å²) < 4.78 is 79.2. The molecular formula is C48H62F4O4. The SMILES string of the molecule is CCOc1ccc(CCc2ccc(OCCCCCCCC(C)CCCCCCCOc3ccc(CCc4ccc(OCC)c(F)c4F)cc3)cc2)c(F)c1F. The highest BCUT2D eigenvalue weighted by Gasteiger charge is 2.15. The molecule has 0 saturated carbocycles. The van der Waals surface area contributed by atoms with Crippen LogP contribution in [0.4, 0.5) is 17.6 Å². The van der Waals surface area contributed by atoms with Gasteiger partial charge in [-0.1, -0.05) is 108 Å². The van der Waals surface area contributed by atoms with E-state index in [1.165, 1.54) is 76.3 Å². The highest BCUT2D eigenvalue weighted by Crippen LogP contribution is 2.26. The Morgan fingerprint density at radius 1 is 0.411 bits per heavy atom. The smallest absolute Gasteiger partial charge is 0.200 e. The predicted octanol–water partition coefficient (Wildman–Crippen LogP) is 13.4. The van der Waals surface area contributed by atoms with Crippen LogP contribution in [0.1, 0.15) is 120 Å². The highest BCUT2D eigenvalue weighted by atomic mass is 19.2. The quantitative estimate of drug-likeness (QED) is 0.0425. The van der Waals surface area contributed by atoms with Crippen molar-refractivity contribution in [3.63, 3.8) is 0 Å². The molecule has 0 fully saturated rings. The maximum Gasteiger partial charge on any atom is 0.200 e. The van der Waals surface area contributed by atoms with E-state index in [1.807, 2.05) is 48.5 Å². The predicted molar refractivity (Wildman–Crippen MR) is 218 cm³/mol. The third-order valence-corrected chi connectivity index (χ3v) is 10.3. The van der Waals surface area contributed by atoms with Gasteiger partial charge in [-0.05, 0) is 117 Å². The van der Waals surface area contributed by atoms with Crippen LogP contribution in [-0.2, 0) is 25.7 Å². The van der Waals surface area contributed by atoms with Crippen LogP contribution < -0.4 is 18.9 Å². The minimum atomic E-state index is -0.917. The van der Waals surface area contributed by atoms with Crippen LogP contribution >= 0.6 is 0 Å². The minimum absolute atomic E-state index is 0.0437. The summed E-state index contributed by atoms with van der Waals surface area (Å²) in [4.78, 5) is 0. The lowest BCUT2D eigenvalue weighted by Gasteiger charge is -2.11. The third-order valence-electron chi connectivity index (χ3n) is 10.3. The molecule has 0 aliphatic heterocycles. The lowest BCUT2D eigenvalue weighted by Crippen LogP contribution is -2.02. The summed E-state index contributed by atoms with van der Waals surface area (Å²) in [6, 6.07) is 22.0. The van der Waals surface area contributed by atoms with Gasteiger partial charge in [-0.25, -0.2) is 8.78 Å². The van der Waals surface area contributed by atoms with E-state index < -0.39 is 23.3 Å². The van der Waals surface area contributed by atoms with Gasteiger partial charge in [0.2, 0.25) is 11.6 Å². The Morgan fingerprint density at radius 2 is 0.786 bits per heavy atom. The van der Waals surface area contributed by atoms with Gasteiger partial charge in [0, 0.05) is 0 Å². The Bertz CT molecular complexity index is 1570. The van der Waals surface area contributed by atoms with Gasteiger partial charge in [0.05, 0.1) is 26.4 Å². The minimum Gasteiger partial charge on any atom is -0.494 e. The first-order chi connectivity index (χ1) is 27.3. The number of unbranched alkanes of at least 4 members (excludes halogenated alkanes) is 8. The molecule has 0 aliphatic carbocycles. The Labute approximate surface area is 332 Å². The van der Waals surface area contributed by atoms with E-state index >= 15 is 0 Å². The molecule has 0 radical (unpaired) electrons. The maximum atomic E-state index is 14.4. The molecule has 0 amide bonds. The molecular weight excluding hydrogens is 717 g/mol. The van der Waals surface area contributed by atoms with Crippen molar-refractivity contribution in [2.75, 3.05) is 26.4 Å². The molecule has 0 saturated heterocycles. The maximum absolute atomic E-state index is 14.4. The van der Waals surface area contributed by atoms with Gasteiger partial charge in [-0.3, -0.25) is 0 Å². The number of aryl methyl sites for hydroxylation is 4. The monoisotopic (exact) mass is 778 g/mol. The van der Waals surface area contributed by atoms with Crippen molar-refractivity contribution >= 4 is 0 Å². The largest absolute Gasteiger partial charge is 0.494 e. The van der Waals surface area contributed by atoms with Crippen molar-refractivity contribution in [2.45, 2.75) is 124 Å². The topological polar surface area (TPSA) is 36.9 Å². The fraction of sp³-hybridized carbons (Fsp3) is 0.500. The Kier molecular flexibility index (Phi) is 20.0. The molecule has 0 aliphatic rings. The Hall–Kier alpha value is -4.20. The van der Waals surface area contributed by atoms with Crippen molar-refractivity contribution in [1.29, 1.82) is 0 Å². The number of halogens is 4. The average molecular weight is 779 g/mol.